The highest BCUT2D eigenvalue weighted by Crippen LogP contribution is 2.51. The summed E-state index contributed by atoms with van der Waals surface area (Å²) in [6.45, 7) is 4.74. The van der Waals surface area contributed by atoms with Gasteiger partial charge in [-0.05, 0) is 97.6 Å². The van der Waals surface area contributed by atoms with Crippen LogP contribution in [-0.2, 0) is 5.41 Å². The first-order valence-electron chi connectivity index (χ1n) is 21.0. The number of hydrogen-bond donors (Lipinski definition) is 0. The predicted octanol–water partition coefficient (Wildman–Crippen LogP) is 11.6. The van der Waals surface area contributed by atoms with Crippen LogP contribution in [0.3, 0.4) is 0 Å². The van der Waals surface area contributed by atoms with Crippen LogP contribution in [0.5, 0.6) is 0 Å². The van der Waals surface area contributed by atoms with Crippen LogP contribution >= 0.6 is 0 Å². The monoisotopic (exact) mass is 782 g/mol. The Morgan fingerprint density at radius 3 is 1.57 bits per heavy atom. The van der Waals surface area contributed by atoms with Crippen molar-refractivity contribution in [1.29, 1.82) is 0 Å². The van der Waals surface area contributed by atoms with Gasteiger partial charge in [0, 0.05) is 38.3 Å². The van der Waals surface area contributed by atoms with Gasteiger partial charge in [-0.2, -0.15) is 0 Å². The van der Waals surface area contributed by atoms with E-state index in [0.717, 1.165) is 0 Å². The van der Waals surface area contributed by atoms with E-state index in [1.807, 2.05) is 0 Å². The van der Waals surface area contributed by atoms with Crippen molar-refractivity contribution in [3.05, 3.63) is 230 Å². The zero-order valence-electron chi connectivity index (χ0n) is 33.7. The number of nitrogens with zero attached hydrogens (tertiary/aromatic N) is 2. The molecule has 0 aliphatic heterocycles. The zero-order chi connectivity index (χ0) is 40.0. The van der Waals surface area contributed by atoms with Crippen LogP contribution in [0.4, 0.5) is 0 Å². The lowest BCUT2D eigenvalue weighted by molar-refractivity contribution is 0.661. The van der Waals surface area contributed by atoms with Gasteiger partial charge in [0.05, 0.1) is 22.1 Å². The first-order chi connectivity index (χ1) is 29.5. The van der Waals surface area contributed by atoms with Gasteiger partial charge < -0.3 is 9.13 Å². The molecular formula is C57H42N2Si. The minimum absolute atomic E-state index is 0.0654. The second-order valence-electron chi connectivity index (χ2n) is 16.9. The molecule has 9 aromatic carbocycles. The predicted molar refractivity (Wildman–Crippen MR) is 256 cm³/mol. The number of aromatic nitrogens is 2. The average Bonchev–Trinajstić information content (AvgIpc) is 3.90. The fraction of sp³-hybridized carbons (Fsp3) is 0.0526. The van der Waals surface area contributed by atoms with Crippen LogP contribution in [0.1, 0.15) is 25.0 Å². The quantitative estimate of drug-likeness (QED) is 0.117. The van der Waals surface area contributed by atoms with Crippen LogP contribution in [0.2, 0.25) is 0 Å². The summed E-state index contributed by atoms with van der Waals surface area (Å²) < 4.78 is 4.94. The van der Waals surface area contributed by atoms with Crippen molar-refractivity contribution in [2.45, 2.75) is 19.3 Å². The van der Waals surface area contributed by atoms with Gasteiger partial charge in [0.2, 0.25) is 0 Å². The zero-order valence-corrected chi connectivity index (χ0v) is 34.7. The third-order valence-electron chi connectivity index (χ3n) is 13.5. The normalized spacial score (nSPS) is 13.3. The van der Waals surface area contributed by atoms with E-state index in [9.17, 15) is 0 Å². The van der Waals surface area contributed by atoms with Crippen molar-refractivity contribution in [3.63, 3.8) is 0 Å². The highest BCUT2D eigenvalue weighted by molar-refractivity contribution is 7.20. The Hall–Kier alpha value is -7.20. The Balaban J connectivity index is 1.14. The standard InChI is InChI=1S/C57H42N2Si/c1-57(2)49-28-15-12-25-44(49)47-38-54-48(37-50(47)57)45-26-13-16-29-51(45)59(54)40-33-35-43(36-34-40)60(41-21-8-4-9-22-41,42-23-10-5-11-24-42)55-32-18-31-53-56(55)46-27-14-17-30-52(46)58(53)39-19-6-3-7-20-39/h3-38H,1-2H3. The molecular weight excluding hydrogens is 741 g/mol. The molecule has 1 aliphatic carbocycles. The van der Waals surface area contributed by atoms with Gasteiger partial charge in [0.1, 0.15) is 0 Å². The summed E-state index contributed by atoms with van der Waals surface area (Å²) in [4.78, 5) is 0. The smallest absolute Gasteiger partial charge is 0.180 e. The van der Waals surface area contributed by atoms with Gasteiger partial charge in [-0.25, -0.2) is 0 Å². The Kier molecular flexibility index (Phi) is 7.63. The van der Waals surface area contributed by atoms with Crippen molar-refractivity contribution in [2.24, 2.45) is 0 Å². The van der Waals surface area contributed by atoms with Crippen molar-refractivity contribution < 1.29 is 0 Å². The van der Waals surface area contributed by atoms with Crippen LogP contribution in [0, 0.1) is 0 Å². The molecule has 0 unspecified atom stereocenters. The first kappa shape index (κ1) is 34.8. The summed E-state index contributed by atoms with van der Waals surface area (Å²) in [5, 5.41) is 10.6. The lowest BCUT2D eigenvalue weighted by Crippen LogP contribution is -2.74. The number of hydrogen-bond acceptors (Lipinski definition) is 0. The molecule has 0 spiro atoms. The number of rotatable bonds is 6. The van der Waals surface area contributed by atoms with Crippen molar-refractivity contribution in [3.8, 4) is 22.5 Å². The molecule has 60 heavy (non-hydrogen) atoms. The Morgan fingerprint density at radius 1 is 0.350 bits per heavy atom. The van der Waals surface area contributed by atoms with Crippen LogP contribution < -0.4 is 20.7 Å². The molecule has 2 heterocycles. The van der Waals surface area contributed by atoms with Crippen molar-refractivity contribution in [2.75, 3.05) is 0 Å². The van der Waals surface area contributed by atoms with E-state index in [0.29, 0.717) is 0 Å². The minimum Gasteiger partial charge on any atom is -0.309 e. The lowest BCUT2D eigenvalue weighted by atomic mass is 9.82. The topological polar surface area (TPSA) is 9.86 Å². The number of fused-ring (bicyclic) bond motifs is 9. The average molecular weight is 783 g/mol. The summed E-state index contributed by atoms with van der Waals surface area (Å²) in [6.07, 6.45) is 0. The molecule has 0 saturated carbocycles. The maximum absolute atomic E-state index is 2.98. The van der Waals surface area contributed by atoms with E-state index in [-0.39, 0.29) is 5.41 Å². The van der Waals surface area contributed by atoms with E-state index in [1.165, 1.54) is 98.0 Å². The molecule has 284 valence electrons. The second-order valence-corrected chi connectivity index (χ2v) is 20.6. The molecule has 12 rings (SSSR count). The molecule has 3 heteroatoms. The third-order valence-corrected chi connectivity index (χ3v) is 18.3. The lowest BCUT2D eigenvalue weighted by Gasteiger charge is -2.35. The summed E-state index contributed by atoms with van der Waals surface area (Å²) in [6, 6.07) is 81.9. The Bertz CT molecular complexity index is 3390. The van der Waals surface area contributed by atoms with E-state index in [1.54, 1.807) is 0 Å². The molecule has 2 aromatic heterocycles. The van der Waals surface area contributed by atoms with Crippen molar-refractivity contribution >= 4 is 72.4 Å². The van der Waals surface area contributed by atoms with Gasteiger partial charge in [-0.15, -0.1) is 0 Å². The van der Waals surface area contributed by atoms with Gasteiger partial charge >= 0.3 is 0 Å². The minimum atomic E-state index is -2.98. The van der Waals surface area contributed by atoms with Gasteiger partial charge in [-0.1, -0.05) is 178 Å². The maximum Gasteiger partial charge on any atom is 0.180 e. The van der Waals surface area contributed by atoms with Crippen molar-refractivity contribution in [1.82, 2.24) is 9.13 Å². The molecule has 0 bridgehead atoms. The molecule has 2 nitrogen and oxygen atoms in total. The second kappa shape index (κ2) is 13.2. The fourth-order valence-electron chi connectivity index (χ4n) is 10.8. The SMILES string of the molecule is CC1(C)c2ccccc2-c2cc3c(cc21)c1ccccc1n3-c1ccc([Si](c2ccccc2)(c2ccccc2)c2cccc3c2c2ccccc2n3-c2ccccc2)cc1. The van der Waals surface area contributed by atoms with Crippen LogP contribution in [-0.4, -0.2) is 17.2 Å². The molecule has 0 radical (unpaired) electrons. The summed E-state index contributed by atoms with van der Waals surface area (Å²) >= 11 is 0. The number of para-hydroxylation sites is 3. The van der Waals surface area contributed by atoms with Gasteiger partial charge in [0.25, 0.3) is 0 Å². The molecule has 0 atom stereocenters. The van der Waals surface area contributed by atoms with Crippen LogP contribution in [0.25, 0.3) is 66.1 Å². The molecule has 0 N–H and O–H groups in total. The van der Waals surface area contributed by atoms with Crippen LogP contribution in [0.15, 0.2) is 218 Å². The van der Waals surface area contributed by atoms with E-state index in [2.05, 4.69) is 241 Å². The maximum atomic E-state index is 2.49. The molecule has 0 amide bonds. The Morgan fingerprint density at radius 2 is 0.867 bits per heavy atom. The fourth-order valence-corrected chi connectivity index (χ4v) is 15.8. The summed E-state index contributed by atoms with van der Waals surface area (Å²) in [5.41, 5.74) is 12.7. The summed E-state index contributed by atoms with van der Waals surface area (Å²) in [7, 11) is -2.98. The van der Waals surface area contributed by atoms with E-state index in [4.69, 9.17) is 0 Å². The molecule has 0 saturated heterocycles. The molecule has 11 aromatic rings. The first-order valence-corrected chi connectivity index (χ1v) is 23.0. The van der Waals surface area contributed by atoms with Gasteiger partial charge in [-0.3, -0.25) is 0 Å². The largest absolute Gasteiger partial charge is 0.309 e. The van der Waals surface area contributed by atoms with Gasteiger partial charge in [0.15, 0.2) is 8.07 Å². The number of benzene rings is 9. The highest BCUT2D eigenvalue weighted by Gasteiger charge is 2.43. The highest BCUT2D eigenvalue weighted by atomic mass is 28.3. The summed E-state index contributed by atoms with van der Waals surface area (Å²) in [5.74, 6) is 0. The third kappa shape index (κ3) is 4.81. The molecule has 0 fully saturated rings. The van der Waals surface area contributed by atoms with E-state index < -0.39 is 8.07 Å². The molecule has 1 aliphatic rings. The Labute approximate surface area is 351 Å². The van der Waals surface area contributed by atoms with E-state index >= 15 is 0 Å².